The van der Waals surface area contributed by atoms with Gasteiger partial charge in [0.2, 0.25) is 0 Å². The van der Waals surface area contributed by atoms with Crippen molar-refractivity contribution >= 4 is 28.2 Å². The molecule has 6 heteroatoms. The Hall–Kier alpha value is -1.83. The molecule has 0 N–H and O–H groups in total. The van der Waals surface area contributed by atoms with E-state index in [9.17, 15) is 0 Å². The molecule has 0 radical (unpaired) electrons. The molecule has 0 saturated heterocycles. The van der Waals surface area contributed by atoms with Gasteiger partial charge < -0.3 is 9.47 Å². The molecule has 0 amide bonds. The fourth-order valence-electron chi connectivity index (χ4n) is 2.17. The minimum absolute atomic E-state index is 0.688. The molecule has 3 rings (SSSR count). The lowest BCUT2D eigenvalue weighted by Crippen LogP contribution is -1.97. The molecule has 108 valence electrons. The molecule has 0 aliphatic heterocycles. The number of aromatic nitrogens is 3. The minimum atomic E-state index is 0.688. The summed E-state index contributed by atoms with van der Waals surface area (Å²) in [6.07, 6.45) is 0. The monoisotopic (exact) mass is 395 g/mol. The Balaban J connectivity index is 2.13. The quantitative estimate of drug-likeness (QED) is 0.639. The van der Waals surface area contributed by atoms with Crippen molar-refractivity contribution in [1.82, 2.24) is 14.6 Å². The van der Waals surface area contributed by atoms with Gasteiger partial charge in [0.15, 0.2) is 17.1 Å². The maximum atomic E-state index is 5.34. The van der Waals surface area contributed by atoms with Crippen LogP contribution in [-0.4, -0.2) is 28.8 Å². The van der Waals surface area contributed by atoms with Gasteiger partial charge in [0.1, 0.15) is 3.70 Å². The molecule has 5 nitrogen and oxygen atoms in total. The topological polar surface area (TPSA) is 48.7 Å². The molecule has 0 spiro atoms. The van der Waals surface area contributed by atoms with Crippen molar-refractivity contribution in [2.45, 2.75) is 6.92 Å². The van der Waals surface area contributed by atoms with E-state index in [1.165, 1.54) is 0 Å². The standard InChI is InChI=1S/C15H14IN3O2/c1-9-15(16)19-14(17-9)7-5-11(18-19)10-4-6-12(20-2)13(8-10)21-3/h4-8H,1-3H3. The summed E-state index contributed by atoms with van der Waals surface area (Å²) in [5.41, 5.74) is 3.66. The van der Waals surface area contributed by atoms with Crippen LogP contribution in [0.3, 0.4) is 0 Å². The summed E-state index contributed by atoms with van der Waals surface area (Å²) >= 11 is 2.25. The molecule has 3 aromatic rings. The Bertz CT molecular complexity index is 814. The van der Waals surface area contributed by atoms with Crippen molar-refractivity contribution in [2.75, 3.05) is 14.2 Å². The molecule has 0 fully saturated rings. The third-order valence-corrected chi connectivity index (χ3v) is 4.50. The Labute approximate surface area is 136 Å². The molecule has 2 heterocycles. The first-order valence-corrected chi connectivity index (χ1v) is 7.46. The second-order valence-corrected chi connectivity index (χ2v) is 5.57. The fourth-order valence-corrected chi connectivity index (χ4v) is 2.64. The molecule has 2 aromatic heterocycles. The molecule has 21 heavy (non-hydrogen) atoms. The first kappa shape index (κ1) is 14.1. The number of halogens is 1. The van der Waals surface area contributed by atoms with E-state index in [1.807, 2.05) is 41.8 Å². The van der Waals surface area contributed by atoms with Gasteiger partial charge in [0.25, 0.3) is 0 Å². The van der Waals surface area contributed by atoms with E-state index in [-0.39, 0.29) is 0 Å². The highest BCUT2D eigenvalue weighted by Gasteiger charge is 2.11. The molecule has 0 unspecified atom stereocenters. The van der Waals surface area contributed by atoms with Gasteiger partial charge in [-0.25, -0.2) is 9.50 Å². The predicted octanol–water partition coefficient (Wildman–Crippen LogP) is 3.33. The summed E-state index contributed by atoms with van der Waals surface area (Å²) in [4.78, 5) is 4.46. The average molecular weight is 395 g/mol. The van der Waals surface area contributed by atoms with Crippen molar-refractivity contribution in [3.63, 3.8) is 0 Å². The Morgan fingerprint density at radius 1 is 1.05 bits per heavy atom. The number of imidazole rings is 1. The summed E-state index contributed by atoms with van der Waals surface area (Å²) in [5.74, 6) is 1.39. The van der Waals surface area contributed by atoms with E-state index in [0.717, 1.165) is 26.3 Å². The minimum Gasteiger partial charge on any atom is -0.493 e. The number of nitrogens with zero attached hydrogens (tertiary/aromatic N) is 3. The number of hydrogen-bond donors (Lipinski definition) is 0. The number of benzene rings is 1. The summed E-state index contributed by atoms with van der Waals surface area (Å²) < 4.78 is 13.5. The van der Waals surface area contributed by atoms with Crippen LogP contribution in [0.2, 0.25) is 0 Å². The molecular weight excluding hydrogens is 381 g/mol. The molecular formula is C15H14IN3O2. The second kappa shape index (κ2) is 5.51. The smallest absolute Gasteiger partial charge is 0.161 e. The molecule has 1 aromatic carbocycles. The van der Waals surface area contributed by atoms with Crippen LogP contribution in [-0.2, 0) is 0 Å². The number of methoxy groups -OCH3 is 2. The normalized spacial score (nSPS) is 10.9. The van der Waals surface area contributed by atoms with Crippen LogP contribution in [0.15, 0.2) is 30.3 Å². The summed E-state index contributed by atoms with van der Waals surface area (Å²) in [5, 5.41) is 4.65. The summed E-state index contributed by atoms with van der Waals surface area (Å²) in [6, 6.07) is 9.69. The zero-order valence-electron chi connectivity index (χ0n) is 11.9. The second-order valence-electron chi connectivity index (χ2n) is 4.55. The fraction of sp³-hybridized carbons (Fsp3) is 0.200. The molecule has 0 aliphatic carbocycles. The number of hydrogen-bond acceptors (Lipinski definition) is 4. The van der Waals surface area contributed by atoms with Gasteiger partial charge in [0, 0.05) is 5.56 Å². The largest absolute Gasteiger partial charge is 0.493 e. The molecule has 0 bridgehead atoms. The van der Waals surface area contributed by atoms with E-state index in [1.54, 1.807) is 14.2 Å². The molecule has 0 aliphatic rings. The van der Waals surface area contributed by atoms with Gasteiger partial charge in [-0.1, -0.05) is 0 Å². The van der Waals surface area contributed by atoms with Crippen LogP contribution in [0.25, 0.3) is 16.9 Å². The predicted molar refractivity (Wildman–Crippen MR) is 89.0 cm³/mol. The van der Waals surface area contributed by atoms with Crippen LogP contribution in [0.1, 0.15) is 5.69 Å². The Morgan fingerprint density at radius 3 is 2.52 bits per heavy atom. The van der Waals surface area contributed by atoms with E-state index in [2.05, 4.69) is 32.7 Å². The van der Waals surface area contributed by atoms with E-state index >= 15 is 0 Å². The van der Waals surface area contributed by atoms with Gasteiger partial charge >= 0.3 is 0 Å². The third-order valence-electron chi connectivity index (χ3n) is 3.26. The van der Waals surface area contributed by atoms with Gasteiger partial charge in [0.05, 0.1) is 25.6 Å². The lowest BCUT2D eigenvalue weighted by molar-refractivity contribution is 0.355. The van der Waals surface area contributed by atoms with Gasteiger partial charge in [-0.3, -0.25) is 0 Å². The highest BCUT2D eigenvalue weighted by Crippen LogP contribution is 2.31. The van der Waals surface area contributed by atoms with Crippen LogP contribution in [0.5, 0.6) is 11.5 Å². The number of fused-ring (bicyclic) bond motifs is 1. The van der Waals surface area contributed by atoms with Crippen molar-refractivity contribution in [3.8, 4) is 22.8 Å². The molecule has 0 atom stereocenters. The maximum Gasteiger partial charge on any atom is 0.161 e. The summed E-state index contributed by atoms with van der Waals surface area (Å²) in [6.45, 7) is 1.98. The van der Waals surface area contributed by atoms with Gasteiger partial charge in [-0.05, 0) is 59.8 Å². The number of aryl methyl sites for hydroxylation is 1. The average Bonchev–Trinajstić information content (AvgIpc) is 2.81. The van der Waals surface area contributed by atoms with Crippen LogP contribution >= 0.6 is 22.6 Å². The number of rotatable bonds is 3. The lowest BCUT2D eigenvalue weighted by atomic mass is 10.1. The zero-order valence-corrected chi connectivity index (χ0v) is 14.1. The highest BCUT2D eigenvalue weighted by atomic mass is 127. The van der Waals surface area contributed by atoms with Gasteiger partial charge in [-0.2, -0.15) is 5.10 Å². The van der Waals surface area contributed by atoms with Crippen molar-refractivity contribution in [3.05, 3.63) is 39.7 Å². The van der Waals surface area contributed by atoms with Crippen molar-refractivity contribution < 1.29 is 9.47 Å². The Morgan fingerprint density at radius 2 is 1.81 bits per heavy atom. The molecule has 0 saturated carbocycles. The maximum absolute atomic E-state index is 5.34. The highest BCUT2D eigenvalue weighted by molar-refractivity contribution is 14.1. The van der Waals surface area contributed by atoms with Crippen molar-refractivity contribution in [2.24, 2.45) is 0 Å². The van der Waals surface area contributed by atoms with Gasteiger partial charge in [-0.15, -0.1) is 0 Å². The van der Waals surface area contributed by atoms with Crippen LogP contribution in [0, 0.1) is 10.6 Å². The first-order chi connectivity index (χ1) is 10.1. The summed E-state index contributed by atoms with van der Waals surface area (Å²) in [7, 11) is 3.25. The zero-order chi connectivity index (χ0) is 15.0. The van der Waals surface area contributed by atoms with E-state index in [0.29, 0.717) is 11.5 Å². The van der Waals surface area contributed by atoms with E-state index in [4.69, 9.17) is 9.47 Å². The number of ether oxygens (including phenoxy) is 2. The Kier molecular flexibility index (Phi) is 3.71. The van der Waals surface area contributed by atoms with E-state index < -0.39 is 0 Å². The third kappa shape index (κ3) is 2.44. The lowest BCUT2D eigenvalue weighted by Gasteiger charge is -2.09. The van der Waals surface area contributed by atoms with Crippen LogP contribution < -0.4 is 9.47 Å². The SMILES string of the molecule is COc1ccc(-c2ccc3nc(C)c(I)n3n2)cc1OC. The van der Waals surface area contributed by atoms with Crippen LogP contribution in [0.4, 0.5) is 0 Å². The first-order valence-electron chi connectivity index (χ1n) is 6.38. The van der Waals surface area contributed by atoms with Crippen molar-refractivity contribution in [1.29, 1.82) is 0 Å².